The lowest BCUT2D eigenvalue weighted by Crippen LogP contribution is -2.43. The summed E-state index contributed by atoms with van der Waals surface area (Å²) < 4.78 is 4.52. The molecule has 0 saturated heterocycles. The fraction of sp³-hybridized carbons (Fsp3) is 0.438. The molecule has 0 bridgehead atoms. The first-order valence-corrected chi connectivity index (χ1v) is 7.52. The fourth-order valence-corrected chi connectivity index (χ4v) is 2.79. The van der Waals surface area contributed by atoms with Gasteiger partial charge in [-0.05, 0) is 31.0 Å². The van der Waals surface area contributed by atoms with E-state index in [0.717, 1.165) is 19.3 Å². The highest BCUT2D eigenvalue weighted by molar-refractivity contribution is 5.96. The molecule has 3 N–H and O–H groups in total. The van der Waals surface area contributed by atoms with Gasteiger partial charge in [-0.15, -0.1) is 0 Å². The van der Waals surface area contributed by atoms with E-state index in [9.17, 15) is 14.4 Å². The second-order valence-corrected chi connectivity index (χ2v) is 5.43. The quantitative estimate of drug-likeness (QED) is 0.783. The van der Waals surface area contributed by atoms with E-state index in [1.54, 1.807) is 31.3 Å². The maximum absolute atomic E-state index is 12.4. The molecule has 0 aliphatic heterocycles. The molecule has 2 unspecified atom stereocenters. The molecule has 23 heavy (non-hydrogen) atoms. The number of rotatable bonds is 4. The predicted octanol–water partition coefficient (Wildman–Crippen LogP) is 1.51. The summed E-state index contributed by atoms with van der Waals surface area (Å²) >= 11 is 0. The van der Waals surface area contributed by atoms with E-state index in [1.807, 2.05) is 0 Å². The second kappa shape index (κ2) is 7.62. The Bertz CT molecular complexity index is 603. The Morgan fingerprint density at radius 1 is 1.22 bits per heavy atom. The van der Waals surface area contributed by atoms with Gasteiger partial charge in [0.1, 0.15) is 0 Å². The molecular weight excluding hydrogens is 298 g/mol. The van der Waals surface area contributed by atoms with Gasteiger partial charge in [-0.25, -0.2) is 4.79 Å². The molecule has 1 aliphatic carbocycles. The van der Waals surface area contributed by atoms with Gasteiger partial charge in [0.15, 0.2) is 0 Å². The molecule has 1 aromatic rings. The Balaban J connectivity index is 2.04. The zero-order valence-corrected chi connectivity index (χ0v) is 13.2. The van der Waals surface area contributed by atoms with Gasteiger partial charge < -0.3 is 15.4 Å². The van der Waals surface area contributed by atoms with Gasteiger partial charge in [0.2, 0.25) is 5.91 Å². The number of carbonyl (C=O) groups is 3. The normalized spacial score (nSPS) is 19.7. The number of hydrogen-bond acceptors (Lipinski definition) is 4. The smallest absolute Gasteiger partial charge is 0.411 e. The fourth-order valence-electron chi connectivity index (χ4n) is 2.79. The summed E-state index contributed by atoms with van der Waals surface area (Å²) in [5, 5.41) is 8.06. The van der Waals surface area contributed by atoms with Crippen molar-refractivity contribution in [3.05, 3.63) is 29.8 Å². The van der Waals surface area contributed by atoms with E-state index >= 15 is 0 Å². The van der Waals surface area contributed by atoms with Crippen molar-refractivity contribution in [2.24, 2.45) is 5.92 Å². The lowest BCUT2D eigenvalue weighted by molar-refractivity contribution is -0.124. The van der Waals surface area contributed by atoms with Gasteiger partial charge in [0, 0.05) is 24.3 Å². The zero-order valence-electron chi connectivity index (χ0n) is 13.2. The van der Waals surface area contributed by atoms with Crippen LogP contribution < -0.4 is 16.0 Å². The number of nitrogens with one attached hydrogen (secondary N) is 3. The van der Waals surface area contributed by atoms with Gasteiger partial charge in [-0.3, -0.25) is 14.9 Å². The van der Waals surface area contributed by atoms with Crippen molar-refractivity contribution < 1.29 is 19.1 Å². The number of ether oxygens (including phenoxy) is 1. The lowest BCUT2D eigenvalue weighted by Gasteiger charge is -2.19. The molecule has 0 radical (unpaired) electrons. The van der Waals surface area contributed by atoms with E-state index in [4.69, 9.17) is 0 Å². The molecule has 124 valence electrons. The molecule has 2 rings (SSSR count). The number of hydrogen-bond donors (Lipinski definition) is 3. The third-order valence-electron chi connectivity index (χ3n) is 3.97. The van der Waals surface area contributed by atoms with E-state index in [1.165, 1.54) is 7.11 Å². The summed E-state index contributed by atoms with van der Waals surface area (Å²) in [6.07, 6.45) is 1.86. The van der Waals surface area contributed by atoms with Crippen LogP contribution in [0.1, 0.15) is 29.6 Å². The number of carbonyl (C=O) groups excluding carboxylic acids is 3. The van der Waals surface area contributed by atoms with Crippen molar-refractivity contribution in [1.29, 1.82) is 0 Å². The Labute approximate surface area is 134 Å². The minimum absolute atomic E-state index is 0.0473. The van der Waals surface area contributed by atoms with Crippen LogP contribution in [0.5, 0.6) is 0 Å². The SMILES string of the molecule is CNC(=O)C1CCCC1NC(=O)c1cccc(NC(=O)OC)c1. The summed E-state index contributed by atoms with van der Waals surface area (Å²) in [5.41, 5.74) is 0.889. The average Bonchev–Trinajstić information content (AvgIpc) is 3.02. The van der Waals surface area contributed by atoms with Crippen LogP contribution in [0.2, 0.25) is 0 Å². The van der Waals surface area contributed by atoms with Crippen molar-refractivity contribution >= 4 is 23.6 Å². The Hall–Kier alpha value is -2.57. The van der Waals surface area contributed by atoms with Gasteiger partial charge >= 0.3 is 6.09 Å². The van der Waals surface area contributed by atoms with Crippen LogP contribution in [-0.4, -0.2) is 38.1 Å². The molecule has 1 aliphatic rings. The predicted molar refractivity (Wildman–Crippen MR) is 85.1 cm³/mol. The first-order chi connectivity index (χ1) is 11.0. The molecular formula is C16H21N3O4. The number of methoxy groups -OCH3 is 1. The van der Waals surface area contributed by atoms with Crippen molar-refractivity contribution in [2.45, 2.75) is 25.3 Å². The molecule has 1 fully saturated rings. The molecule has 0 spiro atoms. The molecule has 3 amide bonds. The molecule has 2 atom stereocenters. The first kappa shape index (κ1) is 16.8. The van der Waals surface area contributed by atoms with Crippen LogP contribution in [0, 0.1) is 5.92 Å². The van der Waals surface area contributed by atoms with Crippen molar-refractivity contribution in [1.82, 2.24) is 10.6 Å². The maximum Gasteiger partial charge on any atom is 0.411 e. The average molecular weight is 319 g/mol. The van der Waals surface area contributed by atoms with E-state index in [0.29, 0.717) is 11.3 Å². The number of anilines is 1. The Kier molecular flexibility index (Phi) is 5.56. The van der Waals surface area contributed by atoms with E-state index in [-0.39, 0.29) is 23.8 Å². The summed E-state index contributed by atoms with van der Waals surface area (Å²) in [4.78, 5) is 35.4. The molecule has 0 heterocycles. The van der Waals surface area contributed by atoms with Gasteiger partial charge in [-0.1, -0.05) is 12.5 Å². The summed E-state index contributed by atoms with van der Waals surface area (Å²) in [6, 6.07) is 6.39. The van der Waals surface area contributed by atoms with Crippen LogP contribution in [0.15, 0.2) is 24.3 Å². The molecule has 0 aromatic heterocycles. The molecule has 7 nitrogen and oxygen atoms in total. The van der Waals surface area contributed by atoms with Crippen LogP contribution in [-0.2, 0) is 9.53 Å². The second-order valence-electron chi connectivity index (χ2n) is 5.43. The summed E-state index contributed by atoms with van der Waals surface area (Å²) in [5.74, 6) is -0.506. The monoisotopic (exact) mass is 319 g/mol. The highest BCUT2D eigenvalue weighted by Crippen LogP contribution is 2.26. The number of benzene rings is 1. The summed E-state index contributed by atoms with van der Waals surface area (Å²) in [7, 11) is 2.87. The van der Waals surface area contributed by atoms with Crippen molar-refractivity contribution in [3.8, 4) is 0 Å². The van der Waals surface area contributed by atoms with Crippen LogP contribution in [0.4, 0.5) is 10.5 Å². The molecule has 1 aromatic carbocycles. The first-order valence-electron chi connectivity index (χ1n) is 7.52. The third-order valence-corrected chi connectivity index (χ3v) is 3.97. The molecule has 1 saturated carbocycles. The van der Waals surface area contributed by atoms with Crippen LogP contribution in [0.3, 0.4) is 0 Å². The molecule has 7 heteroatoms. The zero-order chi connectivity index (χ0) is 16.8. The van der Waals surface area contributed by atoms with Crippen molar-refractivity contribution in [2.75, 3.05) is 19.5 Å². The van der Waals surface area contributed by atoms with Crippen LogP contribution >= 0.6 is 0 Å². The van der Waals surface area contributed by atoms with E-state index in [2.05, 4.69) is 20.7 Å². The largest absolute Gasteiger partial charge is 0.453 e. The van der Waals surface area contributed by atoms with Gasteiger partial charge in [0.25, 0.3) is 5.91 Å². The van der Waals surface area contributed by atoms with Gasteiger partial charge in [-0.2, -0.15) is 0 Å². The minimum atomic E-state index is -0.599. The van der Waals surface area contributed by atoms with E-state index < -0.39 is 6.09 Å². The topological polar surface area (TPSA) is 96.5 Å². The van der Waals surface area contributed by atoms with Crippen molar-refractivity contribution in [3.63, 3.8) is 0 Å². The summed E-state index contributed by atoms with van der Waals surface area (Å²) in [6.45, 7) is 0. The van der Waals surface area contributed by atoms with Gasteiger partial charge in [0.05, 0.1) is 13.0 Å². The number of amides is 3. The lowest BCUT2D eigenvalue weighted by atomic mass is 10.0. The highest BCUT2D eigenvalue weighted by atomic mass is 16.5. The standard InChI is InChI=1S/C16H21N3O4/c1-17-15(21)12-7-4-8-13(12)19-14(20)10-5-3-6-11(9-10)18-16(22)23-2/h3,5-6,9,12-13H,4,7-8H2,1-2H3,(H,17,21)(H,18,22)(H,19,20). The Morgan fingerprint density at radius 2 is 2.00 bits per heavy atom. The Morgan fingerprint density at radius 3 is 2.70 bits per heavy atom. The third kappa shape index (κ3) is 4.21. The van der Waals surface area contributed by atoms with Crippen LogP contribution in [0.25, 0.3) is 0 Å². The maximum atomic E-state index is 12.4. The minimum Gasteiger partial charge on any atom is -0.453 e. The highest BCUT2D eigenvalue weighted by Gasteiger charge is 2.33.